The van der Waals surface area contributed by atoms with Gasteiger partial charge in [0.2, 0.25) is 0 Å². The summed E-state index contributed by atoms with van der Waals surface area (Å²) in [6.45, 7) is 1.69. The van der Waals surface area contributed by atoms with Crippen molar-refractivity contribution in [3.63, 3.8) is 0 Å². The number of hydrogen-bond donors (Lipinski definition) is 1. The van der Waals surface area contributed by atoms with Crippen LogP contribution in [0.15, 0.2) is 51.4 Å². The third-order valence-corrected chi connectivity index (χ3v) is 4.17. The number of hydrogen-bond acceptors (Lipinski definition) is 1. The average Bonchev–Trinajstić information content (AvgIpc) is 2.38. The number of carbonyl (C=O) groups is 1. The van der Waals surface area contributed by atoms with Crippen LogP contribution < -0.4 is 0 Å². The number of carboxylic acid groups (broad SMARTS) is 1. The van der Waals surface area contributed by atoms with Gasteiger partial charge < -0.3 is 5.11 Å². The highest BCUT2D eigenvalue weighted by Gasteiger charge is 2.13. The van der Waals surface area contributed by atoms with Crippen LogP contribution in [0.2, 0.25) is 0 Å². The topological polar surface area (TPSA) is 37.3 Å². The second-order valence-corrected chi connectivity index (χ2v) is 6.08. The van der Waals surface area contributed by atoms with Crippen molar-refractivity contribution >= 4 is 37.8 Å². The molecular formula is C15H12Br2O2. The van der Waals surface area contributed by atoms with Gasteiger partial charge in [-0.2, -0.15) is 0 Å². The van der Waals surface area contributed by atoms with E-state index in [1.807, 2.05) is 42.5 Å². The van der Waals surface area contributed by atoms with Gasteiger partial charge in [-0.05, 0) is 35.7 Å². The Morgan fingerprint density at radius 2 is 1.74 bits per heavy atom. The molecule has 1 unspecified atom stereocenters. The van der Waals surface area contributed by atoms with Crippen LogP contribution in [0.4, 0.5) is 0 Å². The van der Waals surface area contributed by atoms with E-state index < -0.39 is 11.9 Å². The predicted octanol–water partition coefficient (Wildman–Crippen LogP) is 5.07. The van der Waals surface area contributed by atoms with Crippen molar-refractivity contribution < 1.29 is 9.90 Å². The first-order valence-electron chi connectivity index (χ1n) is 5.77. The van der Waals surface area contributed by atoms with E-state index in [9.17, 15) is 4.79 Å². The maximum atomic E-state index is 10.9. The van der Waals surface area contributed by atoms with Crippen LogP contribution in [-0.2, 0) is 4.79 Å². The van der Waals surface area contributed by atoms with Crippen LogP contribution in [0.25, 0.3) is 11.1 Å². The van der Waals surface area contributed by atoms with E-state index >= 15 is 0 Å². The van der Waals surface area contributed by atoms with Crippen molar-refractivity contribution in [3.8, 4) is 11.1 Å². The second kappa shape index (κ2) is 5.88. The van der Waals surface area contributed by atoms with Gasteiger partial charge >= 0.3 is 5.97 Å². The summed E-state index contributed by atoms with van der Waals surface area (Å²) in [4.78, 5) is 10.9. The van der Waals surface area contributed by atoms with Crippen LogP contribution in [0.3, 0.4) is 0 Å². The minimum atomic E-state index is -0.808. The quantitative estimate of drug-likeness (QED) is 0.803. The van der Waals surface area contributed by atoms with Crippen LogP contribution in [0.5, 0.6) is 0 Å². The summed E-state index contributed by atoms with van der Waals surface area (Å²) in [5.74, 6) is -1.29. The molecule has 2 rings (SSSR count). The number of carboxylic acids is 1. The van der Waals surface area contributed by atoms with E-state index in [0.29, 0.717) is 0 Å². The Kier molecular flexibility index (Phi) is 4.42. The van der Waals surface area contributed by atoms with Gasteiger partial charge in [0, 0.05) is 8.95 Å². The molecule has 0 amide bonds. The zero-order valence-electron chi connectivity index (χ0n) is 10.2. The van der Waals surface area contributed by atoms with Crippen molar-refractivity contribution in [3.05, 3.63) is 57.0 Å². The van der Waals surface area contributed by atoms with Gasteiger partial charge in [0.05, 0.1) is 5.92 Å². The van der Waals surface area contributed by atoms with Crippen molar-refractivity contribution in [2.75, 3.05) is 0 Å². The smallest absolute Gasteiger partial charge is 0.310 e. The third kappa shape index (κ3) is 3.25. The summed E-state index contributed by atoms with van der Waals surface area (Å²) in [7, 11) is 0. The van der Waals surface area contributed by atoms with E-state index in [0.717, 1.165) is 25.6 Å². The van der Waals surface area contributed by atoms with Crippen LogP contribution in [0.1, 0.15) is 18.4 Å². The first kappa shape index (κ1) is 14.3. The van der Waals surface area contributed by atoms with Crippen LogP contribution in [0, 0.1) is 0 Å². The van der Waals surface area contributed by atoms with E-state index in [4.69, 9.17) is 5.11 Å². The Balaban J connectivity index is 2.35. The fraction of sp³-hybridized carbons (Fsp3) is 0.133. The highest BCUT2D eigenvalue weighted by Crippen LogP contribution is 2.31. The molecule has 0 fully saturated rings. The summed E-state index contributed by atoms with van der Waals surface area (Å²) in [6, 6.07) is 13.6. The Hall–Kier alpha value is -1.13. The molecule has 0 aliphatic heterocycles. The molecular weight excluding hydrogens is 372 g/mol. The molecule has 0 spiro atoms. The molecule has 98 valence electrons. The molecule has 4 heteroatoms. The number of halogens is 2. The number of benzene rings is 2. The highest BCUT2D eigenvalue weighted by molar-refractivity contribution is 9.11. The fourth-order valence-corrected chi connectivity index (χ4v) is 3.09. The minimum absolute atomic E-state index is 0.484. The molecule has 0 bridgehead atoms. The maximum absolute atomic E-state index is 10.9. The molecule has 0 aromatic heterocycles. The lowest BCUT2D eigenvalue weighted by Gasteiger charge is -2.09. The molecule has 2 aromatic carbocycles. The van der Waals surface area contributed by atoms with E-state index in [-0.39, 0.29) is 0 Å². The first-order chi connectivity index (χ1) is 8.99. The second-order valence-electron chi connectivity index (χ2n) is 4.31. The minimum Gasteiger partial charge on any atom is -0.481 e. The third-order valence-electron chi connectivity index (χ3n) is 3.02. The molecule has 19 heavy (non-hydrogen) atoms. The fourth-order valence-electron chi connectivity index (χ4n) is 1.82. The molecule has 0 radical (unpaired) electrons. The van der Waals surface area contributed by atoms with E-state index in [1.54, 1.807) is 6.92 Å². The van der Waals surface area contributed by atoms with Crippen molar-refractivity contribution in [1.29, 1.82) is 0 Å². The van der Waals surface area contributed by atoms with Gasteiger partial charge in [-0.25, -0.2) is 0 Å². The molecule has 0 saturated heterocycles. The lowest BCUT2D eigenvalue weighted by molar-refractivity contribution is -0.138. The predicted molar refractivity (Wildman–Crippen MR) is 83.3 cm³/mol. The summed E-state index contributed by atoms with van der Waals surface area (Å²) in [5, 5.41) is 8.98. The molecule has 2 nitrogen and oxygen atoms in total. The van der Waals surface area contributed by atoms with Crippen molar-refractivity contribution in [2.45, 2.75) is 12.8 Å². The average molecular weight is 384 g/mol. The van der Waals surface area contributed by atoms with Gasteiger partial charge in [0.15, 0.2) is 0 Å². The Bertz CT molecular complexity index is 606. The largest absolute Gasteiger partial charge is 0.481 e. The van der Waals surface area contributed by atoms with Crippen molar-refractivity contribution in [2.24, 2.45) is 0 Å². The number of rotatable bonds is 3. The molecule has 1 N–H and O–H groups in total. The van der Waals surface area contributed by atoms with Crippen molar-refractivity contribution in [1.82, 2.24) is 0 Å². The van der Waals surface area contributed by atoms with Gasteiger partial charge in [-0.3, -0.25) is 4.79 Å². The van der Waals surface area contributed by atoms with Gasteiger partial charge in [0.25, 0.3) is 0 Å². The molecule has 0 heterocycles. The SMILES string of the molecule is CC(C(=O)O)c1ccc(-c2ccc(Br)cc2Br)cc1. The number of aliphatic carboxylic acids is 1. The Morgan fingerprint density at radius 3 is 2.26 bits per heavy atom. The molecule has 1 atom stereocenters. The molecule has 0 saturated carbocycles. The zero-order valence-corrected chi connectivity index (χ0v) is 13.4. The highest BCUT2D eigenvalue weighted by atomic mass is 79.9. The standard InChI is InChI=1S/C15H12Br2O2/c1-9(15(18)19)10-2-4-11(5-3-10)13-7-6-12(16)8-14(13)17/h2-9H,1H3,(H,18,19). The normalized spacial score (nSPS) is 12.2. The Labute approximate surface area is 128 Å². The molecule has 0 aliphatic rings. The first-order valence-corrected chi connectivity index (χ1v) is 7.36. The lowest BCUT2D eigenvalue weighted by atomic mass is 9.98. The van der Waals surface area contributed by atoms with Gasteiger partial charge in [-0.1, -0.05) is 62.2 Å². The van der Waals surface area contributed by atoms with Crippen LogP contribution >= 0.6 is 31.9 Å². The van der Waals surface area contributed by atoms with E-state index in [2.05, 4.69) is 31.9 Å². The maximum Gasteiger partial charge on any atom is 0.310 e. The monoisotopic (exact) mass is 382 g/mol. The summed E-state index contributed by atoms with van der Waals surface area (Å²) in [5.41, 5.74) is 2.95. The van der Waals surface area contributed by atoms with E-state index in [1.165, 1.54) is 0 Å². The molecule has 0 aliphatic carbocycles. The summed E-state index contributed by atoms with van der Waals surface area (Å²) in [6.07, 6.45) is 0. The van der Waals surface area contributed by atoms with Gasteiger partial charge in [0.1, 0.15) is 0 Å². The summed E-state index contributed by atoms with van der Waals surface area (Å²) < 4.78 is 2.01. The zero-order chi connectivity index (χ0) is 14.0. The van der Waals surface area contributed by atoms with Crippen LogP contribution in [-0.4, -0.2) is 11.1 Å². The Morgan fingerprint density at radius 1 is 1.11 bits per heavy atom. The lowest BCUT2D eigenvalue weighted by Crippen LogP contribution is -2.06. The van der Waals surface area contributed by atoms with Gasteiger partial charge in [-0.15, -0.1) is 0 Å². The summed E-state index contributed by atoms with van der Waals surface area (Å²) >= 11 is 6.95. The molecule has 2 aromatic rings.